The third-order valence-corrected chi connectivity index (χ3v) is 5.75. The topological polar surface area (TPSA) is 35.6 Å². The second-order valence-electron chi connectivity index (χ2n) is 7.19. The Balaban J connectivity index is 1.47. The van der Waals surface area contributed by atoms with Gasteiger partial charge in [0.2, 0.25) is 5.91 Å². The number of hydrogen-bond acceptors (Lipinski definition) is 3. The van der Waals surface area contributed by atoms with E-state index in [2.05, 4.69) is 22.0 Å². The number of piperidine rings is 1. The summed E-state index contributed by atoms with van der Waals surface area (Å²) >= 11 is 0. The highest BCUT2D eigenvalue weighted by molar-refractivity contribution is 5.80. The Morgan fingerprint density at radius 2 is 1.86 bits per heavy atom. The molecule has 1 aliphatic carbocycles. The molecule has 2 heterocycles. The van der Waals surface area contributed by atoms with Crippen molar-refractivity contribution in [1.82, 2.24) is 15.1 Å². The first-order valence-electron chi connectivity index (χ1n) is 9.02. The van der Waals surface area contributed by atoms with E-state index in [4.69, 9.17) is 0 Å². The molecule has 21 heavy (non-hydrogen) atoms. The largest absolute Gasteiger partial charge is 0.326 e. The molecule has 0 aromatic heterocycles. The zero-order chi connectivity index (χ0) is 14.7. The Kier molecular flexibility index (Phi) is 5.17. The van der Waals surface area contributed by atoms with Gasteiger partial charge in [-0.1, -0.05) is 19.3 Å². The lowest BCUT2D eigenvalue weighted by atomic mass is 10.0. The highest BCUT2D eigenvalue weighted by Gasteiger charge is 2.36. The molecule has 4 heteroatoms. The van der Waals surface area contributed by atoms with Crippen LogP contribution in [0.2, 0.25) is 0 Å². The Morgan fingerprint density at radius 1 is 1.10 bits per heavy atom. The van der Waals surface area contributed by atoms with E-state index in [1.165, 1.54) is 51.5 Å². The number of carbonyl (C=O) groups is 1. The van der Waals surface area contributed by atoms with Crippen LogP contribution in [0.3, 0.4) is 0 Å². The molecule has 0 aromatic rings. The van der Waals surface area contributed by atoms with E-state index < -0.39 is 0 Å². The van der Waals surface area contributed by atoms with Crippen LogP contribution >= 0.6 is 0 Å². The van der Waals surface area contributed by atoms with Crippen LogP contribution in [0.1, 0.15) is 58.3 Å². The van der Waals surface area contributed by atoms with Gasteiger partial charge >= 0.3 is 0 Å². The van der Waals surface area contributed by atoms with E-state index >= 15 is 0 Å². The average molecular weight is 293 g/mol. The quantitative estimate of drug-likeness (QED) is 0.844. The monoisotopic (exact) mass is 293 g/mol. The lowest BCUT2D eigenvalue weighted by Crippen LogP contribution is -2.44. The maximum Gasteiger partial charge on any atom is 0.237 e. The van der Waals surface area contributed by atoms with Crippen molar-refractivity contribution in [1.29, 1.82) is 0 Å². The van der Waals surface area contributed by atoms with Gasteiger partial charge < -0.3 is 9.80 Å². The molecule has 0 spiro atoms. The first kappa shape index (κ1) is 15.3. The van der Waals surface area contributed by atoms with Gasteiger partial charge in [-0.3, -0.25) is 10.1 Å². The molecule has 3 rings (SSSR count). The third-order valence-electron chi connectivity index (χ3n) is 5.75. The second kappa shape index (κ2) is 7.10. The molecule has 2 unspecified atom stereocenters. The molecule has 2 atom stereocenters. The van der Waals surface area contributed by atoms with Crippen molar-refractivity contribution in [3.8, 4) is 0 Å². The summed E-state index contributed by atoms with van der Waals surface area (Å²) < 4.78 is 0. The van der Waals surface area contributed by atoms with E-state index in [1.807, 2.05) is 0 Å². The Hall–Kier alpha value is -0.610. The summed E-state index contributed by atoms with van der Waals surface area (Å²) in [4.78, 5) is 16.9. The molecule has 1 saturated carbocycles. The van der Waals surface area contributed by atoms with Gasteiger partial charge in [0.25, 0.3) is 0 Å². The van der Waals surface area contributed by atoms with Crippen molar-refractivity contribution in [3.05, 3.63) is 0 Å². The number of nitrogens with one attached hydrogen (secondary N) is 1. The predicted octanol–water partition coefficient (Wildman–Crippen LogP) is 2.20. The standard InChI is InChI=1S/C17H31N3O/c1-14-7-4-5-10-19(14)11-6-12-20-16(21)13-18-17(20)15-8-2-3-9-15/h14-15,17-18H,2-13H2,1H3. The highest BCUT2D eigenvalue weighted by atomic mass is 16.2. The summed E-state index contributed by atoms with van der Waals surface area (Å²) in [6, 6.07) is 0.733. The molecular weight excluding hydrogens is 262 g/mol. The third kappa shape index (κ3) is 3.59. The van der Waals surface area contributed by atoms with Crippen LogP contribution in [0.15, 0.2) is 0 Å². The van der Waals surface area contributed by atoms with Crippen molar-refractivity contribution < 1.29 is 4.79 Å². The fourth-order valence-corrected chi connectivity index (χ4v) is 4.45. The van der Waals surface area contributed by atoms with E-state index in [1.54, 1.807) is 0 Å². The number of rotatable bonds is 5. The molecule has 0 aromatic carbocycles. The molecule has 1 N–H and O–H groups in total. The van der Waals surface area contributed by atoms with Crippen molar-refractivity contribution in [3.63, 3.8) is 0 Å². The smallest absolute Gasteiger partial charge is 0.237 e. The zero-order valence-electron chi connectivity index (χ0n) is 13.5. The lowest BCUT2D eigenvalue weighted by molar-refractivity contribution is -0.128. The normalized spacial score (nSPS) is 32.2. The number of carbonyl (C=O) groups excluding carboxylic acids is 1. The van der Waals surface area contributed by atoms with Crippen LogP contribution in [0.5, 0.6) is 0 Å². The predicted molar refractivity (Wildman–Crippen MR) is 85.0 cm³/mol. The van der Waals surface area contributed by atoms with E-state index in [-0.39, 0.29) is 0 Å². The van der Waals surface area contributed by atoms with Gasteiger partial charge in [-0.25, -0.2) is 0 Å². The first-order valence-corrected chi connectivity index (χ1v) is 9.02. The van der Waals surface area contributed by atoms with Crippen LogP contribution in [-0.2, 0) is 4.79 Å². The number of nitrogens with zero attached hydrogens (tertiary/aromatic N) is 2. The van der Waals surface area contributed by atoms with Crippen LogP contribution < -0.4 is 5.32 Å². The van der Waals surface area contributed by atoms with Crippen molar-refractivity contribution in [2.75, 3.05) is 26.2 Å². The van der Waals surface area contributed by atoms with Crippen molar-refractivity contribution in [2.24, 2.45) is 5.92 Å². The fourth-order valence-electron chi connectivity index (χ4n) is 4.45. The van der Waals surface area contributed by atoms with Crippen LogP contribution in [0.4, 0.5) is 0 Å². The van der Waals surface area contributed by atoms with Gasteiger partial charge in [0.1, 0.15) is 0 Å². The van der Waals surface area contributed by atoms with Crippen molar-refractivity contribution >= 4 is 5.91 Å². The second-order valence-corrected chi connectivity index (χ2v) is 7.19. The number of likely N-dealkylation sites (tertiary alicyclic amines) is 1. The van der Waals surface area contributed by atoms with Gasteiger partial charge in [-0.2, -0.15) is 0 Å². The van der Waals surface area contributed by atoms with Gasteiger partial charge in [0.05, 0.1) is 12.7 Å². The summed E-state index contributed by atoms with van der Waals surface area (Å²) in [7, 11) is 0. The van der Waals surface area contributed by atoms with Crippen LogP contribution in [0.25, 0.3) is 0 Å². The minimum Gasteiger partial charge on any atom is -0.326 e. The van der Waals surface area contributed by atoms with Gasteiger partial charge in [-0.15, -0.1) is 0 Å². The van der Waals surface area contributed by atoms with Crippen molar-refractivity contribution in [2.45, 2.75) is 70.5 Å². The zero-order valence-corrected chi connectivity index (χ0v) is 13.5. The molecule has 2 aliphatic heterocycles. The van der Waals surface area contributed by atoms with Gasteiger partial charge in [0, 0.05) is 19.1 Å². The molecule has 3 aliphatic rings. The van der Waals surface area contributed by atoms with Crippen LogP contribution in [-0.4, -0.2) is 54.1 Å². The van der Waals surface area contributed by atoms with Gasteiger partial charge in [-0.05, 0) is 51.5 Å². The summed E-state index contributed by atoms with van der Waals surface area (Å²) in [5.74, 6) is 1.02. The molecule has 2 saturated heterocycles. The van der Waals surface area contributed by atoms with E-state index in [0.29, 0.717) is 24.5 Å². The summed E-state index contributed by atoms with van der Waals surface area (Å²) in [5.41, 5.74) is 0. The van der Waals surface area contributed by atoms with E-state index in [0.717, 1.165) is 25.6 Å². The SMILES string of the molecule is CC1CCCCN1CCCN1C(=O)CNC1C1CCCC1. The minimum atomic E-state index is 0.318. The minimum absolute atomic E-state index is 0.318. The van der Waals surface area contributed by atoms with Gasteiger partial charge in [0.15, 0.2) is 0 Å². The Bertz CT molecular complexity index is 354. The molecule has 0 radical (unpaired) electrons. The summed E-state index contributed by atoms with van der Waals surface area (Å²) in [5, 5.41) is 3.46. The molecular formula is C17H31N3O. The molecule has 0 bridgehead atoms. The number of hydrogen-bond donors (Lipinski definition) is 1. The molecule has 4 nitrogen and oxygen atoms in total. The fraction of sp³-hybridized carbons (Fsp3) is 0.941. The maximum absolute atomic E-state index is 12.1. The lowest BCUT2D eigenvalue weighted by Gasteiger charge is -2.34. The average Bonchev–Trinajstić information content (AvgIpc) is 3.11. The first-order chi connectivity index (χ1) is 10.3. The van der Waals surface area contributed by atoms with E-state index in [9.17, 15) is 4.79 Å². The Labute approximate surface area is 129 Å². The maximum atomic E-state index is 12.1. The summed E-state index contributed by atoms with van der Waals surface area (Å²) in [6.07, 6.45) is 10.8. The number of amides is 1. The molecule has 120 valence electrons. The Morgan fingerprint density at radius 3 is 2.62 bits per heavy atom. The molecule has 1 amide bonds. The summed E-state index contributed by atoms with van der Waals surface area (Å²) in [6.45, 7) is 6.25. The molecule has 3 fully saturated rings. The van der Waals surface area contributed by atoms with Crippen LogP contribution in [0, 0.1) is 5.92 Å². The highest BCUT2D eigenvalue weighted by Crippen LogP contribution is 2.31.